The van der Waals surface area contributed by atoms with Gasteiger partial charge < -0.3 is 19.5 Å². The van der Waals surface area contributed by atoms with E-state index in [4.69, 9.17) is 16.3 Å². The maximum Gasteiger partial charge on any atom is 0.430 e. The maximum absolute atomic E-state index is 13.3. The SMILES string of the molecule is Cc1cc2cc(C(O)(C(F)(F)F)C(F)(F)F)ccc2n1CC1NC(c2ccccc2Cl)OC1CO. The molecular weight excluding hydrogens is 502 g/mol. The van der Waals surface area contributed by atoms with Crippen LogP contribution < -0.4 is 5.32 Å². The first-order valence-corrected chi connectivity index (χ1v) is 10.9. The first-order chi connectivity index (χ1) is 16.3. The van der Waals surface area contributed by atoms with Crippen LogP contribution >= 0.6 is 11.6 Å². The number of aliphatic hydroxyl groups excluding tert-OH is 1. The minimum absolute atomic E-state index is 0.0917. The van der Waals surface area contributed by atoms with Gasteiger partial charge in [0.1, 0.15) is 12.3 Å². The van der Waals surface area contributed by atoms with E-state index in [9.17, 15) is 36.6 Å². The second-order valence-electron chi connectivity index (χ2n) is 8.41. The van der Waals surface area contributed by atoms with E-state index in [0.717, 1.165) is 6.07 Å². The molecule has 1 saturated heterocycles. The number of hydrogen-bond donors (Lipinski definition) is 3. The lowest BCUT2D eigenvalue weighted by Crippen LogP contribution is -2.53. The van der Waals surface area contributed by atoms with Crippen molar-refractivity contribution in [2.75, 3.05) is 6.61 Å². The predicted molar refractivity (Wildman–Crippen MR) is 116 cm³/mol. The van der Waals surface area contributed by atoms with E-state index in [2.05, 4.69) is 5.32 Å². The molecule has 1 fully saturated rings. The van der Waals surface area contributed by atoms with Crippen LogP contribution in [0.5, 0.6) is 0 Å². The molecule has 0 radical (unpaired) electrons. The molecule has 3 N–H and O–H groups in total. The number of fused-ring (bicyclic) bond motifs is 1. The second-order valence-corrected chi connectivity index (χ2v) is 8.81. The minimum Gasteiger partial charge on any atom is -0.394 e. The van der Waals surface area contributed by atoms with Crippen molar-refractivity contribution < 1.29 is 41.3 Å². The Kier molecular flexibility index (Phi) is 6.60. The summed E-state index contributed by atoms with van der Waals surface area (Å²) in [4.78, 5) is 0. The highest BCUT2D eigenvalue weighted by atomic mass is 35.5. The summed E-state index contributed by atoms with van der Waals surface area (Å²) in [5.74, 6) is 0. The Morgan fingerprint density at radius 1 is 1.03 bits per heavy atom. The first kappa shape index (κ1) is 25.8. The van der Waals surface area contributed by atoms with Gasteiger partial charge in [0, 0.05) is 39.3 Å². The fourth-order valence-electron chi connectivity index (χ4n) is 4.36. The molecule has 0 aliphatic carbocycles. The van der Waals surface area contributed by atoms with Gasteiger partial charge in [0.05, 0.1) is 12.6 Å². The third-order valence-corrected chi connectivity index (χ3v) is 6.56. The maximum atomic E-state index is 13.3. The molecule has 0 bridgehead atoms. The van der Waals surface area contributed by atoms with E-state index < -0.39 is 41.9 Å². The summed E-state index contributed by atoms with van der Waals surface area (Å²) in [5, 5.41) is 23.3. The van der Waals surface area contributed by atoms with Crippen molar-refractivity contribution in [1.82, 2.24) is 9.88 Å². The summed E-state index contributed by atoms with van der Waals surface area (Å²) in [7, 11) is 0. The minimum atomic E-state index is -5.97. The topological polar surface area (TPSA) is 66.7 Å². The Hall–Kier alpha value is -2.31. The highest BCUT2D eigenvalue weighted by molar-refractivity contribution is 6.31. The fraction of sp³-hybridized carbons (Fsp3) is 0.391. The quantitative estimate of drug-likeness (QED) is 0.414. The summed E-state index contributed by atoms with van der Waals surface area (Å²) in [6, 6.07) is 10.4. The van der Waals surface area contributed by atoms with E-state index in [1.165, 1.54) is 6.07 Å². The molecule has 1 aliphatic heterocycles. The molecule has 1 aliphatic rings. The zero-order chi connectivity index (χ0) is 25.8. The summed E-state index contributed by atoms with van der Waals surface area (Å²) in [5.41, 5.74) is -4.75. The zero-order valence-electron chi connectivity index (χ0n) is 18.2. The first-order valence-electron chi connectivity index (χ1n) is 10.5. The van der Waals surface area contributed by atoms with Gasteiger partial charge in [0.15, 0.2) is 0 Å². The normalized spacial score (nSPS) is 21.7. The Bertz CT molecular complexity index is 1210. The van der Waals surface area contributed by atoms with Crippen LogP contribution in [0.4, 0.5) is 26.3 Å². The Labute approximate surface area is 200 Å². The molecule has 3 aromatic rings. The molecule has 35 heavy (non-hydrogen) atoms. The van der Waals surface area contributed by atoms with Gasteiger partial charge >= 0.3 is 12.4 Å². The zero-order valence-corrected chi connectivity index (χ0v) is 18.9. The van der Waals surface area contributed by atoms with E-state index in [0.29, 0.717) is 33.9 Å². The van der Waals surface area contributed by atoms with Gasteiger partial charge in [0.25, 0.3) is 5.60 Å². The number of aromatic nitrogens is 1. The highest BCUT2D eigenvalue weighted by Gasteiger charge is 2.71. The van der Waals surface area contributed by atoms with Gasteiger partial charge in [-0.05, 0) is 31.2 Å². The van der Waals surface area contributed by atoms with Crippen LogP contribution in [0.15, 0.2) is 48.5 Å². The number of hydrogen-bond acceptors (Lipinski definition) is 4. The highest BCUT2D eigenvalue weighted by Crippen LogP contribution is 2.50. The molecule has 4 rings (SSSR count). The lowest BCUT2D eigenvalue weighted by molar-refractivity contribution is -0.376. The van der Waals surface area contributed by atoms with Crippen molar-refractivity contribution >= 4 is 22.5 Å². The van der Waals surface area contributed by atoms with E-state index in [1.54, 1.807) is 35.8 Å². The summed E-state index contributed by atoms with van der Waals surface area (Å²) < 4.78 is 87.4. The van der Waals surface area contributed by atoms with Crippen molar-refractivity contribution in [1.29, 1.82) is 0 Å². The average Bonchev–Trinajstić information content (AvgIpc) is 3.32. The number of aryl methyl sites for hydroxylation is 1. The second kappa shape index (κ2) is 8.97. The van der Waals surface area contributed by atoms with E-state index in [1.807, 2.05) is 0 Å². The van der Waals surface area contributed by atoms with Crippen LogP contribution in [0, 0.1) is 6.92 Å². The van der Waals surface area contributed by atoms with Crippen molar-refractivity contribution in [3.63, 3.8) is 0 Å². The third kappa shape index (κ3) is 4.40. The van der Waals surface area contributed by atoms with Crippen LogP contribution in [0.1, 0.15) is 23.0 Å². The Morgan fingerprint density at radius 2 is 1.69 bits per heavy atom. The third-order valence-electron chi connectivity index (χ3n) is 6.22. The summed E-state index contributed by atoms with van der Waals surface area (Å²) in [6.07, 6.45) is -13.2. The Morgan fingerprint density at radius 3 is 2.29 bits per heavy atom. The average molecular weight is 523 g/mol. The van der Waals surface area contributed by atoms with E-state index in [-0.39, 0.29) is 18.5 Å². The molecule has 5 nitrogen and oxygen atoms in total. The molecule has 2 aromatic carbocycles. The number of halogens is 7. The summed E-state index contributed by atoms with van der Waals surface area (Å²) in [6.45, 7) is 1.52. The van der Waals surface area contributed by atoms with Gasteiger partial charge in [-0.15, -0.1) is 0 Å². The molecule has 190 valence electrons. The summed E-state index contributed by atoms with van der Waals surface area (Å²) >= 11 is 6.24. The predicted octanol–water partition coefficient (Wildman–Crippen LogP) is 4.96. The van der Waals surface area contributed by atoms with E-state index >= 15 is 0 Å². The number of aliphatic hydroxyl groups is 2. The lowest BCUT2D eigenvalue weighted by Gasteiger charge is -2.32. The number of ether oxygens (including phenoxy) is 1. The van der Waals surface area contributed by atoms with Crippen LogP contribution in [0.25, 0.3) is 10.9 Å². The van der Waals surface area contributed by atoms with Crippen LogP contribution in [0.3, 0.4) is 0 Å². The van der Waals surface area contributed by atoms with Crippen LogP contribution in [-0.2, 0) is 16.9 Å². The number of nitrogens with one attached hydrogen (secondary N) is 1. The van der Waals surface area contributed by atoms with Crippen molar-refractivity contribution in [2.24, 2.45) is 0 Å². The van der Waals surface area contributed by atoms with Crippen molar-refractivity contribution in [3.05, 3.63) is 70.4 Å². The van der Waals surface area contributed by atoms with Gasteiger partial charge in [-0.3, -0.25) is 5.32 Å². The molecule has 12 heteroatoms. The Balaban J connectivity index is 1.67. The molecule has 1 aromatic heterocycles. The van der Waals surface area contributed by atoms with Crippen LogP contribution in [-0.4, -0.2) is 45.9 Å². The van der Waals surface area contributed by atoms with Gasteiger partial charge in [-0.1, -0.05) is 35.9 Å². The van der Waals surface area contributed by atoms with Crippen molar-refractivity contribution in [2.45, 2.75) is 49.8 Å². The van der Waals surface area contributed by atoms with Crippen LogP contribution in [0.2, 0.25) is 5.02 Å². The van der Waals surface area contributed by atoms with Gasteiger partial charge in [-0.25, -0.2) is 0 Å². The number of nitrogens with zero attached hydrogens (tertiary/aromatic N) is 1. The van der Waals surface area contributed by atoms with Gasteiger partial charge in [-0.2, -0.15) is 26.3 Å². The molecule has 2 heterocycles. The largest absolute Gasteiger partial charge is 0.430 e. The molecule has 0 spiro atoms. The molecule has 3 atom stereocenters. The molecule has 3 unspecified atom stereocenters. The number of alkyl halides is 6. The van der Waals surface area contributed by atoms with Crippen molar-refractivity contribution in [3.8, 4) is 0 Å². The monoisotopic (exact) mass is 522 g/mol. The fourth-order valence-corrected chi connectivity index (χ4v) is 4.60. The molecule has 0 saturated carbocycles. The molecule has 0 amide bonds. The molecular formula is C23H21ClF6N2O3. The van der Waals surface area contributed by atoms with Gasteiger partial charge in [0.2, 0.25) is 0 Å². The smallest absolute Gasteiger partial charge is 0.394 e. The number of rotatable bonds is 5. The lowest BCUT2D eigenvalue weighted by atomic mass is 9.91. The standard InChI is InChI=1S/C23H21ClF6N2O3/c1-12-8-13-9-14(21(34,22(25,26)27)23(28,29)30)6-7-18(13)32(12)10-17-19(11-33)35-20(31-17)15-4-2-3-5-16(15)24/h2-9,17,19-20,31,33-34H,10-11H2,1H3. The number of benzene rings is 2.